The fourth-order valence-electron chi connectivity index (χ4n) is 3.23. The van der Waals surface area contributed by atoms with Crippen LogP contribution in [-0.4, -0.2) is 67.6 Å². The normalized spacial score (nSPS) is 20.8. The summed E-state index contributed by atoms with van der Waals surface area (Å²) in [7, 11) is -3.19. The van der Waals surface area contributed by atoms with Gasteiger partial charge < -0.3 is 10.1 Å². The molecule has 9 nitrogen and oxygen atoms in total. The molecule has 3 rings (SSSR count). The van der Waals surface area contributed by atoms with Crippen LogP contribution in [0.25, 0.3) is 0 Å². The molecule has 10 heteroatoms. The number of hydrogen-bond donors (Lipinski definition) is 1. The molecule has 0 aromatic heterocycles. The number of rotatable bonds is 7. The van der Waals surface area contributed by atoms with E-state index in [1.807, 2.05) is 30.3 Å². The van der Waals surface area contributed by atoms with E-state index in [9.17, 15) is 22.8 Å². The average molecular weight is 421 g/mol. The maximum Gasteiger partial charge on any atom is 0.355 e. The predicted octanol–water partition coefficient (Wildman–Crippen LogP) is 0.0540. The SMILES string of the molecule is O=C(COC(=O)C1=NN([C@@H]2CCS(=O)(=O)C2)C(=O)CC1)NCCc1ccccc1. The molecule has 2 aliphatic heterocycles. The van der Waals surface area contributed by atoms with Gasteiger partial charge >= 0.3 is 5.97 Å². The van der Waals surface area contributed by atoms with Gasteiger partial charge in [-0.2, -0.15) is 5.10 Å². The zero-order valence-corrected chi connectivity index (χ0v) is 16.7. The number of hydrazone groups is 1. The summed E-state index contributed by atoms with van der Waals surface area (Å²) in [6.45, 7) is -0.0296. The zero-order valence-electron chi connectivity index (χ0n) is 15.9. The van der Waals surface area contributed by atoms with Crippen LogP contribution in [-0.2, 0) is 35.4 Å². The summed E-state index contributed by atoms with van der Waals surface area (Å²) < 4.78 is 28.3. The lowest BCUT2D eigenvalue weighted by molar-refractivity contribution is -0.142. The van der Waals surface area contributed by atoms with E-state index in [1.54, 1.807) is 0 Å². The highest BCUT2D eigenvalue weighted by Gasteiger charge is 2.37. The van der Waals surface area contributed by atoms with Crippen LogP contribution in [0.15, 0.2) is 35.4 Å². The molecule has 0 unspecified atom stereocenters. The van der Waals surface area contributed by atoms with Crippen molar-refractivity contribution >= 4 is 33.3 Å². The number of nitrogens with zero attached hydrogens (tertiary/aromatic N) is 2. The number of benzene rings is 1. The third-order valence-electron chi connectivity index (χ3n) is 4.76. The van der Waals surface area contributed by atoms with Crippen LogP contribution < -0.4 is 5.32 Å². The number of sulfone groups is 1. The lowest BCUT2D eigenvalue weighted by Crippen LogP contribution is -2.42. The van der Waals surface area contributed by atoms with E-state index in [2.05, 4.69) is 10.4 Å². The fourth-order valence-corrected chi connectivity index (χ4v) is 4.92. The van der Waals surface area contributed by atoms with Crippen molar-refractivity contribution in [1.29, 1.82) is 0 Å². The monoisotopic (exact) mass is 421 g/mol. The maximum atomic E-state index is 12.2. The molecule has 1 aromatic carbocycles. The Balaban J connectivity index is 1.47. The third-order valence-corrected chi connectivity index (χ3v) is 6.51. The Labute approximate surface area is 169 Å². The van der Waals surface area contributed by atoms with E-state index in [-0.39, 0.29) is 36.0 Å². The summed E-state index contributed by atoms with van der Waals surface area (Å²) in [6, 6.07) is 9.09. The number of nitrogens with one attached hydrogen (secondary N) is 1. The van der Waals surface area contributed by atoms with Gasteiger partial charge in [-0.3, -0.25) is 9.59 Å². The van der Waals surface area contributed by atoms with Gasteiger partial charge in [0.2, 0.25) is 5.91 Å². The average Bonchev–Trinajstić information content (AvgIpc) is 3.07. The molecule has 1 atom stereocenters. The van der Waals surface area contributed by atoms with E-state index in [0.29, 0.717) is 19.4 Å². The van der Waals surface area contributed by atoms with Crippen LogP contribution in [0.5, 0.6) is 0 Å². The van der Waals surface area contributed by atoms with Crippen LogP contribution in [0, 0.1) is 0 Å². The van der Waals surface area contributed by atoms with Crippen molar-refractivity contribution in [3.05, 3.63) is 35.9 Å². The minimum absolute atomic E-state index is 0.000100. The second-order valence-corrected chi connectivity index (χ2v) is 9.23. The molecule has 1 N–H and O–H groups in total. The van der Waals surface area contributed by atoms with Gasteiger partial charge in [0.05, 0.1) is 17.5 Å². The first-order valence-electron chi connectivity index (χ1n) is 9.42. The maximum absolute atomic E-state index is 12.2. The first-order valence-corrected chi connectivity index (χ1v) is 11.2. The van der Waals surface area contributed by atoms with Crippen LogP contribution in [0.4, 0.5) is 0 Å². The highest BCUT2D eigenvalue weighted by atomic mass is 32.2. The number of ether oxygens (including phenoxy) is 1. The minimum atomic E-state index is -3.19. The molecule has 2 heterocycles. The molecule has 1 aromatic rings. The van der Waals surface area contributed by atoms with Crippen molar-refractivity contribution < 1.29 is 27.5 Å². The van der Waals surface area contributed by atoms with Crippen LogP contribution >= 0.6 is 0 Å². The topological polar surface area (TPSA) is 122 Å². The second kappa shape index (κ2) is 9.17. The Morgan fingerprint density at radius 3 is 2.66 bits per heavy atom. The van der Waals surface area contributed by atoms with Crippen molar-refractivity contribution in [2.75, 3.05) is 24.7 Å². The van der Waals surface area contributed by atoms with Gasteiger partial charge in [-0.1, -0.05) is 30.3 Å². The van der Waals surface area contributed by atoms with Crippen LogP contribution in [0.1, 0.15) is 24.8 Å². The largest absolute Gasteiger partial charge is 0.451 e. The van der Waals surface area contributed by atoms with Crippen molar-refractivity contribution in [3.8, 4) is 0 Å². The highest BCUT2D eigenvalue weighted by Crippen LogP contribution is 2.22. The van der Waals surface area contributed by atoms with Gasteiger partial charge in [0.25, 0.3) is 5.91 Å². The van der Waals surface area contributed by atoms with E-state index in [0.717, 1.165) is 10.6 Å². The quantitative estimate of drug-likeness (QED) is 0.621. The molecular formula is C19H23N3O6S. The molecule has 0 spiro atoms. The van der Waals surface area contributed by atoms with Crippen LogP contribution in [0.3, 0.4) is 0 Å². The first kappa shape index (κ1) is 21.0. The van der Waals surface area contributed by atoms with E-state index < -0.39 is 34.4 Å². The molecule has 0 radical (unpaired) electrons. The van der Waals surface area contributed by atoms with Crippen molar-refractivity contribution in [3.63, 3.8) is 0 Å². The van der Waals surface area contributed by atoms with E-state index >= 15 is 0 Å². The highest BCUT2D eigenvalue weighted by molar-refractivity contribution is 7.91. The number of amides is 2. The van der Waals surface area contributed by atoms with E-state index in [4.69, 9.17) is 4.74 Å². The van der Waals surface area contributed by atoms with Crippen molar-refractivity contribution in [2.24, 2.45) is 5.10 Å². The molecule has 29 heavy (non-hydrogen) atoms. The number of carbonyl (C=O) groups is 3. The van der Waals surface area contributed by atoms with Crippen molar-refractivity contribution in [2.45, 2.75) is 31.7 Å². The number of carbonyl (C=O) groups excluding carboxylic acids is 3. The standard InChI is InChI=1S/C19H23N3O6S/c23-17(20-10-8-14-4-2-1-3-5-14)12-28-19(25)16-6-7-18(24)22(21-16)15-9-11-29(26,27)13-15/h1-5,15H,6-13H2,(H,20,23)/t15-/m1/s1. The summed E-state index contributed by atoms with van der Waals surface area (Å²) in [5, 5.41) is 7.78. The minimum Gasteiger partial charge on any atom is -0.451 e. The smallest absolute Gasteiger partial charge is 0.355 e. The van der Waals surface area contributed by atoms with Gasteiger partial charge in [-0.15, -0.1) is 0 Å². The lowest BCUT2D eigenvalue weighted by atomic mass is 10.1. The fraction of sp³-hybridized carbons (Fsp3) is 0.474. The molecule has 1 fully saturated rings. The summed E-state index contributed by atoms with van der Waals surface area (Å²) in [4.78, 5) is 36.1. The summed E-state index contributed by atoms with van der Waals surface area (Å²) in [5.74, 6) is -1.68. The molecule has 156 valence electrons. The Hall–Kier alpha value is -2.75. The Bertz CT molecular complexity index is 913. The molecule has 0 bridgehead atoms. The van der Waals surface area contributed by atoms with Gasteiger partial charge in [-0.05, 0) is 18.4 Å². The number of hydrogen-bond acceptors (Lipinski definition) is 7. The van der Waals surface area contributed by atoms with Gasteiger partial charge in [0.1, 0.15) is 5.71 Å². The molecule has 1 saturated heterocycles. The molecule has 2 aliphatic rings. The first-order chi connectivity index (χ1) is 13.8. The summed E-state index contributed by atoms with van der Waals surface area (Å²) in [5.41, 5.74) is 1.10. The van der Waals surface area contributed by atoms with Crippen molar-refractivity contribution in [1.82, 2.24) is 10.3 Å². The van der Waals surface area contributed by atoms with Crippen LogP contribution in [0.2, 0.25) is 0 Å². The van der Waals surface area contributed by atoms with E-state index in [1.165, 1.54) is 0 Å². The second-order valence-electron chi connectivity index (χ2n) is 7.00. The third kappa shape index (κ3) is 5.86. The molecule has 2 amide bonds. The molecule has 0 saturated carbocycles. The number of esters is 1. The predicted molar refractivity (Wildman–Crippen MR) is 105 cm³/mol. The lowest BCUT2D eigenvalue weighted by Gasteiger charge is -2.27. The van der Waals surface area contributed by atoms with Gasteiger partial charge in [0, 0.05) is 19.4 Å². The Morgan fingerprint density at radius 2 is 1.97 bits per heavy atom. The molecular weight excluding hydrogens is 398 g/mol. The Morgan fingerprint density at radius 1 is 1.21 bits per heavy atom. The van der Waals surface area contributed by atoms with Gasteiger partial charge in [0.15, 0.2) is 16.4 Å². The van der Waals surface area contributed by atoms with Gasteiger partial charge in [-0.25, -0.2) is 18.2 Å². The molecule has 0 aliphatic carbocycles. The zero-order chi connectivity index (χ0) is 20.9. The summed E-state index contributed by atoms with van der Waals surface area (Å²) in [6.07, 6.45) is 1.11. The Kier molecular flexibility index (Phi) is 6.63. The summed E-state index contributed by atoms with van der Waals surface area (Å²) >= 11 is 0.